The second kappa shape index (κ2) is 43.9. The lowest BCUT2D eigenvalue weighted by molar-refractivity contribution is -0.161. The molecule has 0 aromatic heterocycles. The Labute approximate surface area is 367 Å². The standard InChI is InChI=1S/C48H92NO10P/c1-3-5-7-9-11-13-15-17-19-20-21-22-23-24-26-28-30-32-34-36-38-40-47(51)59-44(42-57-60(54,55)58-43-45(49)48(52)53)41-56-46(50)39-37-35-33-31-29-27-25-18-16-14-12-10-8-6-4-2/h18,25,44-45H,3-17,19-24,26-43,49H2,1-2H3,(H,52,53)(H,54,55)/b25-18-/t44-,45+/m1/s1. The topological polar surface area (TPSA) is 172 Å². The van der Waals surface area contributed by atoms with Gasteiger partial charge in [0.25, 0.3) is 0 Å². The fraction of sp³-hybridized carbons (Fsp3) is 0.896. The summed E-state index contributed by atoms with van der Waals surface area (Å²) >= 11 is 0. The highest BCUT2D eigenvalue weighted by Gasteiger charge is 2.28. The maximum Gasteiger partial charge on any atom is 0.472 e. The lowest BCUT2D eigenvalue weighted by Crippen LogP contribution is -2.34. The molecule has 0 saturated carbocycles. The number of nitrogens with two attached hydrogens (primary N) is 1. The Morgan fingerprint density at radius 3 is 1.22 bits per heavy atom. The van der Waals surface area contributed by atoms with Gasteiger partial charge in [0.15, 0.2) is 6.10 Å². The van der Waals surface area contributed by atoms with E-state index >= 15 is 0 Å². The van der Waals surface area contributed by atoms with Crippen LogP contribution in [0.2, 0.25) is 0 Å². The first-order chi connectivity index (χ1) is 29.1. The highest BCUT2D eigenvalue weighted by molar-refractivity contribution is 7.47. The van der Waals surface area contributed by atoms with E-state index in [0.29, 0.717) is 12.8 Å². The summed E-state index contributed by atoms with van der Waals surface area (Å²) in [6.07, 6.45) is 45.6. The van der Waals surface area contributed by atoms with Gasteiger partial charge in [0.2, 0.25) is 0 Å². The van der Waals surface area contributed by atoms with E-state index in [-0.39, 0.29) is 19.4 Å². The summed E-state index contributed by atoms with van der Waals surface area (Å²) in [5, 5.41) is 8.91. The van der Waals surface area contributed by atoms with Gasteiger partial charge in [-0.25, -0.2) is 4.57 Å². The average Bonchev–Trinajstić information content (AvgIpc) is 3.22. The minimum Gasteiger partial charge on any atom is -0.480 e. The molecule has 4 N–H and O–H groups in total. The van der Waals surface area contributed by atoms with Crippen molar-refractivity contribution in [2.75, 3.05) is 19.8 Å². The average molecular weight is 874 g/mol. The molecule has 0 fully saturated rings. The van der Waals surface area contributed by atoms with Gasteiger partial charge < -0.3 is 25.2 Å². The number of hydrogen-bond acceptors (Lipinski definition) is 9. The summed E-state index contributed by atoms with van der Waals surface area (Å²) in [4.78, 5) is 46.1. The van der Waals surface area contributed by atoms with Gasteiger partial charge >= 0.3 is 25.7 Å². The zero-order valence-electron chi connectivity index (χ0n) is 38.6. The quantitative estimate of drug-likeness (QED) is 0.0230. The Morgan fingerprint density at radius 1 is 0.500 bits per heavy atom. The van der Waals surface area contributed by atoms with Gasteiger partial charge in [-0.3, -0.25) is 23.4 Å². The number of carboxylic acid groups (broad SMARTS) is 1. The normalized spacial score (nSPS) is 13.7. The molecular formula is C48H92NO10P. The third-order valence-corrected chi connectivity index (χ3v) is 12.0. The lowest BCUT2D eigenvalue weighted by Gasteiger charge is -2.20. The fourth-order valence-corrected chi connectivity index (χ4v) is 7.90. The van der Waals surface area contributed by atoms with Crippen molar-refractivity contribution >= 4 is 25.7 Å². The molecule has 60 heavy (non-hydrogen) atoms. The highest BCUT2D eigenvalue weighted by Crippen LogP contribution is 2.43. The first-order valence-electron chi connectivity index (χ1n) is 24.7. The van der Waals surface area contributed by atoms with E-state index in [1.54, 1.807) is 0 Å². The molecule has 354 valence electrons. The van der Waals surface area contributed by atoms with Crippen molar-refractivity contribution in [2.24, 2.45) is 5.73 Å². The predicted octanol–water partition coefficient (Wildman–Crippen LogP) is 13.6. The fourth-order valence-electron chi connectivity index (χ4n) is 7.12. The molecule has 0 amide bonds. The van der Waals surface area contributed by atoms with Crippen LogP contribution in [0.1, 0.15) is 245 Å². The molecular weight excluding hydrogens is 781 g/mol. The van der Waals surface area contributed by atoms with Crippen LogP contribution in [0.3, 0.4) is 0 Å². The van der Waals surface area contributed by atoms with E-state index in [0.717, 1.165) is 57.8 Å². The largest absolute Gasteiger partial charge is 0.480 e. The molecule has 0 aliphatic heterocycles. The van der Waals surface area contributed by atoms with Gasteiger partial charge in [-0.1, -0.05) is 206 Å². The van der Waals surface area contributed by atoms with E-state index in [4.69, 9.17) is 24.8 Å². The van der Waals surface area contributed by atoms with Crippen molar-refractivity contribution in [3.8, 4) is 0 Å². The Kier molecular flexibility index (Phi) is 42.6. The van der Waals surface area contributed by atoms with Crippen LogP contribution < -0.4 is 5.73 Å². The number of rotatable bonds is 47. The number of ether oxygens (including phenoxy) is 2. The molecule has 0 rings (SSSR count). The van der Waals surface area contributed by atoms with Crippen molar-refractivity contribution in [1.29, 1.82) is 0 Å². The Morgan fingerprint density at radius 2 is 0.833 bits per heavy atom. The van der Waals surface area contributed by atoms with E-state index in [1.807, 2.05) is 0 Å². The van der Waals surface area contributed by atoms with E-state index in [2.05, 4.69) is 30.5 Å². The SMILES string of the molecule is CCCCCCCC/C=C\CCCCCCCC(=O)OC[C@H](COP(=O)(O)OC[C@H](N)C(=O)O)OC(=O)CCCCCCCCCCCCCCCCCCCCCCC. The summed E-state index contributed by atoms with van der Waals surface area (Å²) in [6, 6.07) is -1.52. The number of unbranched alkanes of at least 4 members (excludes halogenated alkanes) is 31. The van der Waals surface area contributed by atoms with Crippen LogP contribution in [0, 0.1) is 0 Å². The van der Waals surface area contributed by atoms with Crippen LogP contribution in [0.25, 0.3) is 0 Å². The molecule has 0 aliphatic carbocycles. The molecule has 0 spiro atoms. The number of carbonyl (C=O) groups is 3. The molecule has 0 aromatic rings. The zero-order chi connectivity index (χ0) is 44.2. The first kappa shape index (κ1) is 58.2. The van der Waals surface area contributed by atoms with E-state index < -0.39 is 51.1 Å². The van der Waals surface area contributed by atoms with Crippen molar-refractivity contribution in [1.82, 2.24) is 0 Å². The van der Waals surface area contributed by atoms with Crippen molar-refractivity contribution in [3.63, 3.8) is 0 Å². The van der Waals surface area contributed by atoms with Crippen LogP contribution >= 0.6 is 7.82 Å². The number of carboxylic acids is 1. The summed E-state index contributed by atoms with van der Waals surface area (Å²) in [6.45, 7) is 2.83. The van der Waals surface area contributed by atoms with Crippen molar-refractivity contribution < 1.29 is 47.5 Å². The predicted molar refractivity (Wildman–Crippen MR) is 245 cm³/mol. The summed E-state index contributed by atoms with van der Waals surface area (Å²) in [5.41, 5.74) is 5.35. The molecule has 3 atom stereocenters. The van der Waals surface area contributed by atoms with E-state index in [9.17, 15) is 23.8 Å². The maximum atomic E-state index is 12.7. The number of carbonyl (C=O) groups excluding carboxylic acids is 2. The smallest absolute Gasteiger partial charge is 0.472 e. The van der Waals surface area contributed by atoms with Gasteiger partial charge in [0.05, 0.1) is 13.2 Å². The second-order valence-electron chi connectivity index (χ2n) is 17.0. The Balaban J connectivity index is 4.23. The zero-order valence-corrected chi connectivity index (χ0v) is 39.5. The first-order valence-corrected chi connectivity index (χ1v) is 26.2. The Bertz CT molecular complexity index is 1070. The molecule has 12 heteroatoms. The number of phosphoric ester groups is 1. The number of hydrogen-bond donors (Lipinski definition) is 3. The number of aliphatic carboxylic acids is 1. The van der Waals surface area contributed by atoms with Crippen LogP contribution in [0.4, 0.5) is 0 Å². The van der Waals surface area contributed by atoms with Crippen molar-refractivity contribution in [2.45, 2.75) is 257 Å². The minimum atomic E-state index is -4.72. The molecule has 11 nitrogen and oxygen atoms in total. The maximum absolute atomic E-state index is 12.7. The molecule has 0 radical (unpaired) electrons. The third kappa shape index (κ3) is 42.9. The molecule has 0 aromatic carbocycles. The third-order valence-electron chi connectivity index (χ3n) is 11.0. The second-order valence-corrected chi connectivity index (χ2v) is 18.4. The van der Waals surface area contributed by atoms with Crippen LogP contribution in [-0.2, 0) is 37.5 Å². The molecule has 0 bridgehead atoms. The van der Waals surface area contributed by atoms with Crippen LogP contribution in [-0.4, -0.2) is 59.9 Å². The lowest BCUT2D eigenvalue weighted by atomic mass is 10.0. The highest BCUT2D eigenvalue weighted by atomic mass is 31.2. The molecule has 1 unspecified atom stereocenters. The minimum absolute atomic E-state index is 0.166. The summed E-state index contributed by atoms with van der Waals surface area (Å²) < 4.78 is 32.8. The monoisotopic (exact) mass is 874 g/mol. The van der Waals surface area contributed by atoms with Crippen LogP contribution in [0.5, 0.6) is 0 Å². The summed E-state index contributed by atoms with van der Waals surface area (Å²) in [5.74, 6) is -2.37. The summed E-state index contributed by atoms with van der Waals surface area (Å²) in [7, 11) is -4.72. The molecule has 0 aliphatic rings. The van der Waals surface area contributed by atoms with Crippen molar-refractivity contribution in [3.05, 3.63) is 12.2 Å². The van der Waals surface area contributed by atoms with E-state index in [1.165, 1.54) is 148 Å². The molecule has 0 heterocycles. The number of phosphoric acid groups is 1. The Hall–Kier alpha value is -1.78. The number of esters is 2. The van der Waals surface area contributed by atoms with Gasteiger partial charge in [-0.15, -0.1) is 0 Å². The molecule has 0 saturated heterocycles. The van der Waals surface area contributed by atoms with Crippen LogP contribution in [0.15, 0.2) is 12.2 Å². The van der Waals surface area contributed by atoms with Gasteiger partial charge in [0, 0.05) is 12.8 Å². The number of allylic oxidation sites excluding steroid dienone is 2. The van der Waals surface area contributed by atoms with Gasteiger partial charge in [-0.05, 0) is 38.5 Å². The van der Waals surface area contributed by atoms with Gasteiger partial charge in [-0.2, -0.15) is 0 Å². The van der Waals surface area contributed by atoms with Gasteiger partial charge in [0.1, 0.15) is 12.6 Å².